The van der Waals surface area contributed by atoms with Crippen LogP contribution in [0.15, 0.2) is 11.0 Å². The molecule has 9 nitrogen and oxygen atoms in total. The Hall–Kier alpha value is -2.42. The number of carbonyl (C=O) groups is 1. The quantitative estimate of drug-likeness (QED) is 0.810. The van der Waals surface area contributed by atoms with Gasteiger partial charge in [-0.25, -0.2) is 0 Å². The molecule has 0 bridgehead atoms. The predicted octanol–water partition coefficient (Wildman–Crippen LogP) is 0.171. The van der Waals surface area contributed by atoms with Crippen LogP contribution in [0.4, 0.5) is 5.95 Å². The zero-order chi connectivity index (χ0) is 17.9. The van der Waals surface area contributed by atoms with Gasteiger partial charge in [0.1, 0.15) is 5.39 Å². The molecule has 140 valence electrons. The number of fused-ring (bicyclic) bond motifs is 1. The minimum atomic E-state index is -0.183. The van der Waals surface area contributed by atoms with E-state index in [0.29, 0.717) is 23.5 Å². The third kappa shape index (κ3) is 3.57. The summed E-state index contributed by atoms with van der Waals surface area (Å²) in [5.41, 5.74) is 0.319. The molecule has 26 heavy (non-hydrogen) atoms. The Balaban J connectivity index is 1.34. The first-order valence-corrected chi connectivity index (χ1v) is 9.39. The molecule has 2 aliphatic rings. The second-order valence-corrected chi connectivity index (χ2v) is 7.08. The number of rotatable bonds is 3. The topological polar surface area (TPSA) is 101 Å². The third-order valence-corrected chi connectivity index (χ3v) is 5.30. The van der Waals surface area contributed by atoms with Crippen molar-refractivity contribution >= 4 is 22.9 Å². The zero-order valence-electron chi connectivity index (χ0n) is 14.9. The van der Waals surface area contributed by atoms with E-state index in [0.717, 1.165) is 52.1 Å². The van der Waals surface area contributed by atoms with Crippen LogP contribution in [-0.2, 0) is 4.79 Å². The standard InChI is InChI=1S/C17H25N7O2/c25-14(23-5-3-1-2-4-6-23)12-22-7-9-24(10-8-22)17-19-15-13(11-18-21-15)16(26)20-17/h11H,1-10,12H2,(H2,18,19,20,21,26). The van der Waals surface area contributed by atoms with Crippen LogP contribution in [0.25, 0.3) is 11.0 Å². The fourth-order valence-corrected chi connectivity index (χ4v) is 3.71. The maximum absolute atomic E-state index is 12.5. The normalized spacial score (nSPS) is 19.7. The van der Waals surface area contributed by atoms with Crippen LogP contribution in [0.1, 0.15) is 25.7 Å². The summed E-state index contributed by atoms with van der Waals surface area (Å²) in [6.07, 6.45) is 6.18. The molecule has 2 aromatic rings. The zero-order valence-corrected chi connectivity index (χ0v) is 14.9. The molecule has 2 saturated heterocycles. The molecule has 0 unspecified atom stereocenters. The van der Waals surface area contributed by atoms with Gasteiger partial charge in [0, 0.05) is 39.3 Å². The Morgan fingerprint density at radius 1 is 1.04 bits per heavy atom. The van der Waals surface area contributed by atoms with Gasteiger partial charge in [0.2, 0.25) is 11.9 Å². The lowest BCUT2D eigenvalue weighted by molar-refractivity contribution is -0.132. The van der Waals surface area contributed by atoms with Crippen LogP contribution in [0.5, 0.6) is 0 Å². The maximum Gasteiger partial charge on any atom is 0.263 e. The SMILES string of the molecule is O=C(CN1CCN(c2nc3[nH]ncc3c(=O)[nH]2)CC1)N1CCCCCC1. The van der Waals surface area contributed by atoms with Crippen LogP contribution in [-0.4, -0.2) is 81.7 Å². The van der Waals surface area contributed by atoms with Gasteiger partial charge in [0.05, 0.1) is 12.7 Å². The summed E-state index contributed by atoms with van der Waals surface area (Å²) in [5.74, 6) is 0.802. The van der Waals surface area contributed by atoms with Crippen molar-refractivity contribution in [3.8, 4) is 0 Å². The van der Waals surface area contributed by atoms with E-state index in [9.17, 15) is 9.59 Å². The Labute approximate surface area is 151 Å². The molecule has 2 fully saturated rings. The molecular weight excluding hydrogens is 334 g/mol. The van der Waals surface area contributed by atoms with Gasteiger partial charge in [-0.15, -0.1) is 0 Å². The smallest absolute Gasteiger partial charge is 0.263 e. The number of amides is 1. The summed E-state index contributed by atoms with van der Waals surface area (Å²) in [5, 5.41) is 7.08. The Bertz CT molecular complexity index is 814. The summed E-state index contributed by atoms with van der Waals surface area (Å²) < 4.78 is 0. The van der Waals surface area contributed by atoms with E-state index in [1.807, 2.05) is 4.90 Å². The Morgan fingerprint density at radius 2 is 1.77 bits per heavy atom. The first kappa shape index (κ1) is 17.0. The number of hydrogen-bond donors (Lipinski definition) is 2. The molecule has 2 aromatic heterocycles. The minimum Gasteiger partial charge on any atom is -0.342 e. The van der Waals surface area contributed by atoms with Crippen molar-refractivity contribution < 1.29 is 4.79 Å². The summed E-state index contributed by atoms with van der Waals surface area (Å²) in [4.78, 5) is 38.1. The molecule has 0 spiro atoms. The van der Waals surface area contributed by atoms with Gasteiger partial charge in [0.15, 0.2) is 5.65 Å². The average Bonchev–Trinajstić information content (AvgIpc) is 2.96. The first-order chi connectivity index (χ1) is 12.7. The number of nitrogens with one attached hydrogen (secondary N) is 2. The average molecular weight is 359 g/mol. The van der Waals surface area contributed by atoms with Crippen LogP contribution in [0.2, 0.25) is 0 Å². The number of anilines is 1. The van der Waals surface area contributed by atoms with Crippen molar-refractivity contribution in [3.63, 3.8) is 0 Å². The van der Waals surface area contributed by atoms with E-state index in [1.54, 1.807) is 0 Å². The van der Waals surface area contributed by atoms with Gasteiger partial charge < -0.3 is 9.80 Å². The maximum atomic E-state index is 12.5. The van der Waals surface area contributed by atoms with Crippen molar-refractivity contribution in [2.75, 3.05) is 50.7 Å². The molecule has 0 aromatic carbocycles. The summed E-state index contributed by atoms with van der Waals surface area (Å²) in [7, 11) is 0. The highest BCUT2D eigenvalue weighted by atomic mass is 16.2. The molecular formula is C17H25N7O2. The fraction of sp³-hybridized carbons (Fsp3) is 0.647. The van der Waals surface area contributed by atoms with Crippen LogP contribution in [0.3, 0.4) is 0 Å². The molecule has 9 heteroatoms. The van der Waals surface area contributed by atoms with E-state index in [-0.39, 0.29) is 11.5 Å². The second-order valence-electron chi connectivity index (χ2n) is 7.08. The number of aromatic nitrogens is 4. The van der Waals surface area contributed by atoms with Crippen LogP contribution in [0, 0.1) is 0 Å². The molecule has 2 N–H and O–H groups in total. The van der Waals surface area contributed by atoms with Crippen LogP contribution >= 0.6 is 0 Å². The lowest BCUT2D eigenvalue weighted by Gasteiger charge is -2.35. The van der Waals surface area contributed by atoms with Gasteiger partial charge in [-0.3, -0.25) is 24.6 Å². The van der Waals surface area contributed by atoms with Gasteiger partial charge in [0.25, 0.3) is 5.56 Å². The van der Waals surface area contributed by atoms with Gasteiger partial charge in [-0.2, -0.15) is 10.1 Å². The second kappa shape index (κ2) is 7.45. The third-order valence-electron chi connectivity index (χ3n) is 5.30. The fourth-order valence-electron chi connectivity index (χ4n) is 3.71. The number of hydrogen-bond acceptors (Lipinski definition) is 6. The van der Waals surface area contributed by atoms with E-state index in [4.69, 9.17) is 0 Å². The monoisotopic (exact) mass is 359 g/mol. The minimum absolute atomic E-state index is 0.183. The van der Waals surface area contributed by atoms with E-state index in [2.05, 4.69) is 30.0 Å². The summed E-state index contributed by atoms with van der Waals surface area (Å²) in [6, 6.07) is 0. The first-order valence-electron chi connectivity index (χ1n) is 9.39. The van der Waals surface area contributed by atoms with E-state index < -0.39 is 0 Å². The highest BCUT2D eigenvalue weighted by molar-refractivity contribution is 5.78. The number of aromatic amines is 2. The van der Waals surface area contributed by atoms with Crippen molar-refractivity contribution in [2.24, 2.45) is 0 Å². The van der Waals surface area contributed by atoms with Crippen molar-refractivity contribution in [1.29, 1.82) is 0 Å². The van der Waals surface area contributed by atoms with E-state index >= 15 is 0 Å². The van der Waals surface area contributed by atoms with Crippen molar-refractivity contribution in [2.45, 2.75) is 25.7 Å². The predicted molar refractivity (Wildman–Crippen MR) is 98.2 cm³/mol. The summed E-state index contributed by atoms with van der Waals surface area (Å²) in [6.45, 7) is 5.31. The molecule has 2 aliphatic heterocycles. The Kier molecular flexibility index (Phi) is 4.87. The number of carbonyl (C=O) groups excluding carboxylic acids is 1. The molecule has 0 aliphatic carbocycles. The highest BCUT2D eigenvalue weighted by Gasteiger charge is 2.23. The van der Waals surface area contributed by atoms with Gasteiger partial charge >= 0.3 is 0 Å². The molecule has 0 saturated carbocycles. The molecule has 4 heterocycles. The molecule has 4 rings (SSSR count). The Morgan fingerprint density at radius 3 is 2.50 bits per heavy atom. The van der Waals surface area contributed by atoms with Crippen LogP contribution < -0.4 is 10.5 Å². The largest absolute Gasteiger partial charge is 0.342 e. The van der Waals surface area contributed by atoms with E-state index in [1.165, 1.54) is 19.0 Å². The lowest BCUT2D eigenvalue weighted by Crippen LogP contribution is -2.50. The number of likely N-dealkylation sites (tertiary alicyclic amines) is 1. The number of piperazine rings is 1. The van der Waals surface area contributed by atoms with Gasteiger partial charge in [-0.05, 0) is 12.8 Å². The molecule has 0 radical (unpaired) electrons. The molecule has 1 amide bonds. The highest BCUT2D eigenvalue weighted by Crippen LogP contribution is 2.14. The van der Waals surface area contributed by atoms with Gasteiger partial charge in [-0.1, -0.05) is 12.8 Å². The summed E-state index contributed by atoms with van der Waals surface area (Å²) >= 11 is 0. The van der Waals surface area contributed by atoms with Crippen molar-refractivity contribution in [3.05, 3.63) is 16.6 Å². The van der Waals surface area contributed by atoms with Crippen molar-refractivity contribution in [1.82, 2.24) is 30.0 Å². The lowest BCUT2D eigenvalue weighted by atomic mass is 10.2. The number of H-pyrrole nitrogens is 2. The molecule has 0 atom stereocenters. The number of nitrogens with zero attached hydrogens (tertiary/aromatic N) is 5.